The lowest BCUT2D eigenvalue weighted by molar-refractivity contribution is -0.192. The molecule has 3 amide bonds. The van der Waals surface area contributed by atoms with Crippen molar-refractivity contribution in [2.75, 3.05) is 51.1 Å². The molecule has 0 bridgehead atoms. The van der Waals surface area contributed by atoms with Gasteiger partial charge in [-0.2, -0.15) is 18.3 Å². The van der Waals surface area contributed by atoms with E-state index in [1.807, 2.05) is 19.0 Å². The van der Waals surface area contributed by atoms with E-state index in [1.165, 1.54) is 4.68 Å². The van der Waals surface area contributed by atoms with Crippen molar-refractivity contribution in [2.45, 2.75) is 12.6 Å². The SMILES string of the molecule is COc1ccc(-n2nc(C(N)=O)c3c2C(=O)N(c2ccc(N(C)C(=O)CN(C)C)cc2)CC3)cc1.O=C(O)C(F)(F)F. The molecule has 3 aromatic rings. The molecule has 15 heteroatoms. The monoisotopic (exact) mass is 590 g/mol. The predicted octanol–water partition coefficient (Wildman–Crippen LogP) is 2.34. The van der Waals surface area contributed by atoms with Crippen LogP contribution in [-0.2, 0) is 16.0 Å². The highest BCUT2D eigenvalue weighted by atomic mass is 19.4. The maximum Gasteiger partial charge on any atom is 0.490 e. The van der Waals surface area contributed by atoms with Gasteiger partial charge in [-0.3, -0.25) is 14.4 Å². The molecule has 0 saturated carbocycles. The molecule has 1 aliphatic rings. The topological polar surface area (TPSA) is 151 Å². The van der Waals surface area contributed by atoms with E-state index in [-0.39, 0.29) is 17.5 Å². The average Bonchev–Trinajstić information content (AvgIpc) is 3.33. The van der Waals surface area contributed by atoms with Crippen molar-refractivity contribution in [1.29, 1.82) is 0 Å². The molecule has 0 saturated heterocycles. The van der Waals surface area contributed by atoms with E-state index in [9.17, 15) is 27.6 Å². The summed E-state index contributed by atoms with van der Waals surface area (Å²) >= 11 is 0. The number of benzene rings is 2. The Balaban J connectivity index is 0.000000616. The normalized spacial score (nSPS) is 12.8. The van der Waals surface area contributed by atoms with Crippen LogP contribution in [0.5, 0.6) is 5.75 Å². The van der Waals surface area contributed by atoms with Crippen molar-refractivity contribution in [3.63, 3.8) is 0 Å². The van der Waals surface area contributed by atoms with Gasteiger partial charge in [-0.25, -0.2) is 9.48 Å². The molecule has 12 nitrogen and oxygen atoms in total. The van der Waals surface area contributed by atoms with Crippen molar-refractivity contribution in [2.24, 2.45) is 5.73 Å². The largest absolute Gasteiger partial charge is 0.497 e. The molecule has 2 aromatic carbocycles. The summed E-state index contributed by atoms with van der Waals surface area (Å²) in [5.41, 5.74) is 8.53. The number of hydrogen-bond acceptors (Lipinski definition) is 7. The van der Waals surface area contributed by atoms with Crippen molar-refractivity contribution in [3.05, 3.63) is 65.5 Å². The van der Waals surface area contributed by atoms with Gasteiger partial charge in [-0.05, 0) is 69.0 Å². The van der Waals surface area contributed by atoms with Crippen LogP contribution in [0.25, 0.3) is 5.69 Å². The number of methoxy groups -OCH3 is 1. The predicted molar refractivity (Wildman–Crippen MR) is 146 cm³/mol. The highest BCUT2D eigenvalue weighted by Gasteiger charge is 2.38. The first-order chi connectivity index (χ1) is 19.6. The summed E-state index contributed by atoms with van der Waals surface area (Å²) in [7, 11) is 6.97. The molecule has 224 valence electrons. The number of amides is 3. The first-order valence-corrected chi connectivity index (χ1v) is 12.3. The number of fused-ring (bicyclic) bond motifs is 1. The number of likely N-dealkylation sites (N-methyl/N-ethyl adjacent to an activating group) is 2. The molecule has 1 aromatic heterocycles. The fourth-order valence-electron chi connectivity index (χ4n) is 4.09. The van der Waals surface area contributed by atoms with Crippen LogP contribution in [0.15, 0.2) is 48.5 Å². The van der Waals surface area contributed by atoms with E-state index in [2.05, 4.69) is 5.10 Å². The molecule has 0 aliphatic carbocycles. The van der Waals surface area contributed by atoms with Gasteiger partial charge in [0.05, 0.1) is 19.3 Å². The number of halogens is 3. The molecule has 0 fully saturated rings. The second-order valence-corrected chi connectivity index (χ2v) is 9.37. The van der Waals surface area contributed by atoms with Crippen LogP contribution in [0.4, 0.5) is 24.5 Å². The Morgan fingerprint density at radius 2 is 1.57 bits per heavy atom. The standard InChI is InChI=1S/C25H28N6O4.C2HF3O2/c1-28(2)15-21(32)29(3)16-5-7-17(8-6-16)30-14-13-20-22(24(26)33)27-31(23(20)25(30)34)18-9-11-19(35-4)12-10-18;3-2(4,5)1(6)7/h5-12H,13-15H2,1-4H3,(H2,26,33);(H,6,7). The summed E-state index contributed by atoms with van der Waals surface area (Å²) < 4.78 is 38.4. The fourth-order valence-corrected chi connectivity index (χ4v) is 4.09. The Kier molecular flexibility index (Phi) is 9.57. The number of nitrogens with zero attached hydrogens (tertiary/aromatic N) is 5. The molecule has 0 radical (unpaired) electrons. The van der Waals surface area contributed by atoms with Gasteiger partial charge in [0.1, 0.15) is 11.4 Å². The number of alkyl halides is 3. The van der Waals surface area contributed by atoms with Gasteiger partial charge in [-0.1, -0.05) is 0 Å². The Morgan fingerprint density at radius 3 is 2.05 bits per heavy atom. The van der Waals surface area contributed by atoms with E-state index < -0.39 is 18.1 Å². The number of carboxylic acids is 1. The Hall–Kier alpha value is -4.92. The number of rotatable bonds is 7. The lowest BCUT2D eigenvalue weighted by atomic mass is 10.0. The van der Waals surface area contributed by atoms with Crippen molar-refractivity contribution in [3.8, 4) is 11.4 Å². The van der Waals surface area contributed by atoms with Gasteiger partial charge in [0, 0.05) is 30.5 Å². The summed E-state index contributed by atoms with van der Waals surface area (Å²) in [6.07, 6.45) is -4.65. The van der Waals surface area contributed by atoms with Crippen LogP contribution in [-0.4, -0.2) is 91.0 Å². The maximum absolute atomic E-state index is 13.6. The molecule has 3 N–H and O–H groups in total. The summed E-state index contributed by atoms with van der Waals surface area (Å²) in [5, 5.41) is 11.5. The molecule has 0 unspecified atom stereocenters. The lowest BCUT2D eigenvalue weighted by Gasteiger charge is -2.28. The van der Waals surface area contributed by atoms with Gasteiger partial charge in [0.25, 0.3) is 11.8 Å². The van der Waals surface area contributed by atoms with Crippen molar-refractivity contribution in [1.82, 2.24) is 14.7 Å². The Bertz CT molecular complexity index is 1470. The lowest BCUT2D eigenvalue weighted by Crippen LogP contribution is -2.39. The minimum atomic E-state index is -5.08. The number of nitrogens with two attached hydrogens (primary N) is 1. The molecule has 42 heavy (non-hydrogen) atoms. The number of carbonyl (C=O) groups is 4. The summed E-state index contributed by atoms with van der Waals surface area (Å²) in [6, 6.07) is 14.3. The van der Waals surface area contributed by atoms with Gasteiger partial charge >= 0.3 is 12.1 Å². The molecule has 1 aliphatic heterocycles. The van der Waals surface area contributed by atoms with Crippen LogP contribution in [0.3, 0.4) is 0 Å². The van der Waals surface area contributed by atoms with Gasteiger partial charge in [0.2, 0.25) is 5.91 Å². The molecular weight excluding hydrogens is 561 g/mol. The first-order valence-electron chi connectivity index (χ1n) is 12.3. The molecule has 0 atom stereocenters. The summed E-state index contributed by atoms with van der Waals surface area (Å²) in [5.74, 6) is -3.10. The average molecular weight is 591 g/mol. The van der Waals surface area contributed by atoms with E-state index in [1.54, 1.807) is 72.5 Å². The number of hydrogen-bond donors (Lipinski definition) is 2. The number of carbonyl (C=O) groups excluding carboxylic acids is 3. The van der Waals surface area contributed by atoms with Crippen LogP contribution in [0.2, 0.25) is 0 Å². The van der Waals surface area contributed by atoms with E-state index >= 15 is 0 Å². The maximum atomic E-state index is 13.6. The van der Waals surface area contributed by atoms with Gasteiger partial charge in [0.15, 0.2) is 5.69 Å². The molecule has 2 heterocycles. The van der Waals surface area contributed by atoms with Crippen LogP contribution >= 0.6 is 0 Å². The van der Waals surface area contributed by atoms with Crippen LogP contribution < -0.4 is 20.3 Å². The molecule has 4 rings (SSSR count). The first kappa shape index (κ1) is 31.6. The quantitative estimate of drug-likeness (QED) is 0.426. The zero-order chi connectivity index (χ0) is 31.4. The van der Waals surface area contributed by atoms with E-state index in [4.69, 9.17) is 20.4 Å². The Labute approximate surface area is 238 Å². The highest BCUT2D eigenvalue weighted by Crippen LogP contribution is 2.30. The third-order valence-corrected chi connectivity index (χ3v) is 6.18. The minimum Gasteiger partial charge on any atom is -0.497 e. The Morgan fingerprint density at radius 1 is 1.02 bits per heavy atom. The number of ether oxygens (including phenoxy) is 1. The van der Waals surface area contributed by atoms with Crippen molar-refractivity contribution < 1.29 is 42.2 Å². The van der Waals surface area contributed by atoms with E-state index in [0.29, 0.717) is 47.9 Å². The fraction of sp³-hybridized carbons (Fsp3) is 0.296. The molecule has 0 spiro atoms. The number of aromatic nitrogens is 2. The second kappa shape index (κ2) is 12.7. The number of anilines is 2. The van der Waals surface area contributed by atoms with Crippen LogP contribution in [0, 0.1) is 0 Å². The zero-order valence-corrected chi connectivity index (χ0v) is 23.2. The number of aliphatic carboxylic acids is 1. The number of carboxylic acid groups (broad SMARTS) is 1. The van der Waals surface area contributed by atoms with Crippen LogP contribution in [0.1, 0.15) is 26.5 Å². The third kappa shape index (κ3) is 7.04. The summed E-state index contributed by atoms with van der Waals surface area (Å²) in [4.78, 5) is 52.0. The van der Waals surface area contributed by atoms with Gasteiger partial charge in [-0.15, -0.1) is 0 Å². The zero-order valence-electron chi connectivity index (χ0n) is 23.2. The van der Waals surface area contributed by atoms with E-state index in [0.717, 1.165) is 5.69 Å². The number of primary amides is 1. The third-order valence-electron chi connectivity index (χ3n) is 6.18. The minimum absolute atomic E-state index is 0.0381. The smallest absolute Gasteiger partial charge is 0.490 e. The van der Waals surface area contributed by atoms with Gasteiger partial charge < -0.3 is 30.3 Å². The van der Waals surface area contributed by atoms with Crippen molar-refractivity contribution >= 4 is 35.1 Å². The molecular formula is C27H29F3N6O6. The highest BCUT2D eigenvalue weighted by molar-refractivity contribution is 6.09. The summed E-state index contributed by atoms with van der Waals surface area (Å²) in [6.45, 7) is 0.665. The second-order valence-electron chi connectivity index (χ2n) is 9.37.